The van der Waals surface area contributed by atoms with E-state index in [1.165, 1.54) is 55.4 Å². The first kappa shape index (κ1) is 18.9. The molecule has 0 radical (unpaired) electrons. The minimum absolute atomic E-state index is 0.0475. The van der Waals surface area contributed by atoms with Crippen molar-refractivity contribution in [3.63, 3.8) is 0 Å². The van der Waals surface area contributed by atoms with E-state index in [1.807, 2.05) is 42.6 Å². The topological polar surface area (TPSA) is 58.2 Å². The Labute approximate surface area is 176 Å². The highest BCUT2D eigenvalue weighted by atomic mass is 32.1. The maximum absolute atomic E-state index is 12.7. The van der Waals surface area contributed by atoms with E-state index in [-0.39, 0.29) is 17.2 Å². The van der Waals surface area contributed by atoms with Crippen molar-refractivity contribution in [1.82, 2.24) is 10.9 Å². The van der Waals surface area contributed by atoms with E-state index in [0.717, 1.165) is 28.9 Å². The summed E-state index contributed by atoms with van der Waals surface area (Å²) in [4.78, 5) is 26.0. The van der Waals surface area contributed by atoms with Crippen molar-refractivity contribution in [2.24, 2.45) is 23.2 Å². The van der Waals surface area contributed by atoms with E-state index >= 15 is 0 Å². The van der Waals surface area contributed by atoms with Crippen LogP contribution in [0.2, 0.25) is 0 Å². The van der Waals surface area contributed by atoms with Gasteiger partial charge in [0.15, 0.2) is 0 Å². The van der Waals surface area contributed by atoms with Crippen LogP contribution in [0.25, 0.3) is 11.1 Å². The molecule has 5 heteroatoms. The van der Waals surface area contributed by atoms with Crippen LogP contribution in [0.3, 0.4) is 0 Å². The summed E-state index contributed by atoms with van der Waals surface area (Å²) in [5, 5.41) is 1.92. The van der Waals surface area contributed by atoms with E-state index < -0.39 is 0 Å². The molecule has 4 aliphatic rings. The molecule has 4 aliphatic carbocycles. The summed E-state index contributed by atoms with van der Waals surface area (Å²) in [6.07, 6.45) is 8.26. The average Bonchev–Trinajstić information content (AvgIpc) is 3.15. The fourth-order valence-corrected chi connectivity index (χ4v) is 7.33. The molecule has 0 spiro atoms. The molecule has 2 aromatic rings. The van der Waals surface area contributed by atoms with Gasteiger partial charge in [0.2, 0.25) is 5.91 Å². The highest BCUT2D eigenvalue weighted by Gasteiger charge is 2.51. The van der Waals surface area contributed by atoms with Crippen molar-refractivity contribution in [3.8, 4) is 11.1 Å². The molecular weight excluding hydrogens is 380 g/mol. The summed E-state index contributed by atoms with van der Waals surface area (Å²) in [6.45, 7) is 2.05. The predicted octanol–water partition coefficient (Wildman–Crippen LogP) is 5.09. The molecule has 152 valence electrons. The smallest absolute Gasteiger partial charge is 0.273 e. The Balaban J connectivity index is 1.21. The number of nitrogens with one attached hydrogen (secondary N) is 2. The third-order valence-electron chi connectivity index (χ3n) is 7.25. The largest absolute Gasteiger partial charge is 0.280 e. The normalized spacial score (nSPS) is 29.6. The predicted molar refractivity (Wildman–Crippen MR) is 115 cm³/mol. The number of carbonyl (C=O) groups is 2. The molecule has 0 aliphatic heterocycles. The highest BCUT2D eigenvalue weighted by Crippen LogP contribution is 2.61. The first-order valence-corrected chi connectivity index (χ1v) is 11.6. The molecule has 0 unspecified atom stereocenters. The summed E-state index contributed by atoms with van der Waals surface area (Å²) >= 11 is 1.40. The summed E-state index contributed by atoms with van der Waals surface area (Å²) in [7, 11) is 0. The lowest BCUT2D eigenvalue weighted by Gasteiger charge is -2.56. The Hall–Kier alpha value is -2.14. The van der Waals surface area contributed by atoms with Gasteiger partial charge in [-0.2, -0.15) is 0 Å². The molecule has 4 saturated carbocycles. The molecule has 1 aromatic carbocycles. The van der Waals surface area contributed by atoms with Crippen LogP contribution >= 0.6 is 11.3 Å². The monoisotopic (exact) mass is 408 g/mol. The highest BCUT2D eigenvalue weighted by molar-refractivity contribution is 7.12. The van der Waals surface area contributed by atoms with Gasteiger partial charge in [0.05, 0.1) is 0 Å². The molecule has 4 nitrogen and oxygen atoms in total. The molecule has 4 fully saturated rings. The number of hydrazine groups is 1. The molecule has 0 saturated heterocycles. The first-order chi connectivity index (χ1) is 14.0. The van der Waals surface area contributed by atoms with Crippen LogP contribution < -0.4 is 10.9 Å². The van der Waals surface area contributed by atoms with Crippen LogP contribution in [0.1, 0.15) is 60.2 Å². The zero-order valence-corrected chi connectivity index (χ0v) is 17.7. The van der Waals surface area contributed by atoms with Gasteiger partial charge in [-0.1, -0.05) is 29.8 Å². The Kier molecular flexibility index (Phi) is 4.73. The van der Waals surface area contributed by atoms with E-state index in [9.17, 15) is 9.59 Å². The SMILES string of the molecule is Cc1ccc(-c2ccsc2C(=O)NNC(=O)CC23CC4CC(CC(C4)C2)C3)cc1. The maximum atomic E-state index is 12.7. The van der Waals surface area contributed by atoms with Crippen LogP contribution in [-0.2, 0) is 4.79 Å². The third-order valence-corrected chi connectivity index (χ3v) is 8.16. The second-order valence-corrected chi connectivity index (χ2v) is 10.5. The standard InChI is InChI=1S/C24H28N2O2S/c1-15-2-4-19(5-3-15)20-6-7-29-22(20)23(28)26-25-21(27)14-24-11-16-8-17(12-24)10-18(9-16)13-24/h2-7,16-18H,8-14H2,1H3,(H,25,27)(H,26,28). The second-order valence-electron chi connectivity index (χ2n) is 9.63. The molecule has 4 bridgehead atoms. The Bertz CT molecular complexity index is 895. The zero-order chi connectivity index (χ0) is 20.0. The van der Waals surface area contributed by atoms with Crippen molar-refractivity contribution >= 4 is 23.2 Å². The van der Waals surface area contributed by atoms with Gasteiger partial charge in [-0.3, -0.25) is 20.4 Å². The van der Waals surface area contributed by atoms with E-state index in [4.69, 9.17) is 0 Å². The second kappa shape index (κ2) is 7.28. The summed E-state index contributed by atoms with van der Waals surface area (Å²) in [6, 6.07) is 10.1. The number of rotatable bonds is 4. The van der Waals surface area contributed by atoms with Gasteiger partial charge >= 0.3 is 0 Å². The Morgan fingerprint density at radius 2 is 1.59 bits per heavy atom. The number of amides is 2. The fraction of sp³-hybridized carbons (Fsp3) is 0.500. The minimum atomic E-state index is -0.241. The van der Waals surface area contributed by atoms with Gasteiger partial charge in [-0.25, -0.2) is 0 Å². The number of hydrogen-bond donors (Lipinski definition) is 2. The lowest BCUT2D eigenvalue weighted by atomic mass is 9.49. The number of thiophene rings is 1. The quantitative estimate of drug-likeness (QED) is 0.692. The summed E-state index contributed by atoms with van der Waals surface area (Å²) in [5.41, 5.74) is 8.65. The maximum Gasteiger partial charge on any atom is 0.280 e. The number of aryl methyl sites for hydroxylation is 1. The van der Waals surface area contributed by atoms with Crippen molar-refractivity contribution < 1.29 is 9.59 Å². The fourth-order valence-electron chi connectivity index (χ4n) is 6.52. The van der Waals surface area contributed by atoms with Crippen LogP contribution in [0.5, 0.6) is 0 Å². The third kappa shape index (κ3) is 3.73. The number of benzene rings is 1. The summed E-state index contributed by atoms with van der Waals surface area (Å²) in [5.74, 6) is 2.19. The summed E-state index contributed by atoms with van der Waals surface area (Å²) < 4.78 is 0. The van der Waals surface area contributed by atoms with Gasteiger partial charge in [0.1, 0.15) is 4.88 Å². The lowest BCUT2D eigenvalue weighted by molar-refractivity contribution is -0.130. The first-order valence-electron chi connectivity index (χ1n) is 10.7. The van der Waals surface area contributed by atoms with Crippen molar-refractivity contribution in [2.45, 2.75) is 51.9 Å². The van der Waals surface area contributed by atoms with E-state index in [1.54, 1.807) is 0 Å². The molecule has 2 amide bonds. The molecule has 2 N–H and O–H groups in total. The average molecular weight is 409 g/mol. The van der Waals surface area contributed by atoms with Crippen LogP contribution in [-0.4, -0.2) is 11.8 Å². The zero-order valence-electron chi connectivity index (χ0n) is 16.9. The van der Waals surface area contributed by atoms with Crippen molar-refractivity contribution in [2.75, 3.05) is 0 Å². The molecule has 0 atom stereocenters. The molecule has 1 aromatic heterocycles. The van der Waals surface area contributed by atoms with Gasteiger partial charge in [-0.05, 0) is 85.6 Å². The van der Waals surface area contributed by atoms with Crippen LogP contribution in [0, 0.1) is 30.1 Å². The van der Waals surface area contributed by atoms with Crippen LogP contribution in [0.4, 0.5) is 0 Å². The van der Waals surface area contributed by atoms with E-state index in [2.05, 4.69) is 10.9 Å². The lowest BCUT2D eigenvalue weighted by Crippen LogP contribution is -2.50. The Morgan fingerprint density at radius 1 is 0.966 bits per heavy atom. The van der Waals surface area contributed by atoms with Gasteiger partial charge in [0, 0.05) is 12.0 Å². The molecule has 1 heterocycles. The number of carbonyl (C=O) groups excluding carboxylic acids is 2. The Morgan fingerprint density at radius 3 is 2.21 bits per heavy atom. The van der Waals surface area contributed by atoms with Gasteiger partial charge < -0.3 is 0 Å². The van der Waals surface area contributed by atoms with Gasteiger partial charge in [0.25, 0.3) is 5.91 Å². The minimum Gasteiger partial charge on any atom is -0.273 e. The molecular formula is C24H28N2O2S. The van der Waals surface area contributed by atoms with Gasteiger partial charge in [-0.15, -0.1) is 11.3 Å². The molecule has 6 rings (SSSR count). The number of hydrogen-bond acceptors (Lipinski definition) is 3. The molecule has 29 heavy (non-hydrogen) atoms. The van der Waals surface area contributed by atoms with Crippen molar-refractivity contribution in [3.05, 3.63) is 46.2 Å². The van der Waals surface area contributed by atoms with Crippen LogP contribution in [0.15, 0.2) is 35.7 Å². The van der Waals surface area contributed by atoms with Crippen molar-refractivity contribution in [1.29, 1.82) is 0 Å². The van der Waals surface area contributed by atoms with E-state index in [0.29, 0.717) is 11.3 Å².